The van der Waals surface area contributed by atoms with Gasteiger partial charge in [-0.25, -0.2) is 14.2 Å². The van der Waals surface area contributed by atoms with Crippen LogP contribution in [0.2, 0.25) is 0 Å². The molecule has 2 amide bonds. The molecular weight excluding hydrogens is 325 g/mol. The second-order valence-electron chi connectivity index (χ2n) is 6.88. The lowest BCUT2D eigenvalue weighted by molar-refractivity contribution is -0.129. The molecule has 0 aliphatic carbocycles. The van der Waals surface area contributed by atoms with E-state index in [0.29, 0.717) is 17.8 Å². The molecule has 0 spiro atoms. The molecule has 25 heavy (non-hydrogen) atoms. The van der Waals surface area contributed by atoms with Gasteiger partial charge in [0.1, 0.15) is 11.4 Å². The van der Waals surface area contributed by atoms with Crippen molar-refractivity contribution < 1.29 is 18.7 Å². The van der Waals surface area contributed by atoms with Crippen LogP contribution in [0.1, 0.15) is 39.7 Å². The molecule has 1 aliphatic rings. The first kappa shape index (κ1) is 18.9. The van der Waals surface area contributed by atoms with Crippen LogP contribution in [0.15, 0.2) is 29.4 Å². The Balaban J connectivity index is 2.03. The summed E-state index contributed by atoms with van der Waals surface area (Å²) in [5.74, 6) is -0.582. The number of benzene rings is 1. The Hall–Kier alpha value is -2.44. The molecule has 7 heteroatoms. The molecular formula is C18H24FN3O3. The number of hydrogen-bond donors (Lipinski definition) is 0. The van der Waals surface area contributed by atoms with Gasteiger partial charge in [0, 0.05) is 12.1 Å². The van der Waals surface area contributed by atoms with Gasteiger partial charge in [0.15, 0.2) is 0 Å². The van der Waals surface area contributed by atoms with Gasteiger partial charge in [0.25, 0.3) is 0 Å². The van der Waals surface area contributed by atoms with Crippen LogP contribution in [0.25, 0.3) is 0 Å². The van der Waals surface area contributed by atoms with Gasteiger partial charge in [-0.05, 0) is 33.8 Å². The number of hydrazone groups is 1. The lowest BCUT2D eigenvalue weighted by atomic mass is 10.2. The average Bonchev–Trinajstić information content (AvgIpc) is 2.85. The molecule has 0 N–H and O–H groups in total. The molecule has 136 valence electrons. The smallest absolute Gasteiger partial charge is 0.410 e. The van der Waals surface area contributed by atoms with E-state index < -0.39 is 11.7 Å². The topological polar surface area (TPSA) is 62.2 Å². The van der Waals surface area contributed by atoms with Gasteiger partial charge >= 0.3 is 6.09 Å². The maximum Gasteiger partial charge on any atom is 0.410 e. The molecule has 0 bridgehead atoms. The summed E-state index contributed by atoms with van der Waals surface area (Å²) >= 11 is 0. The van der Waals surface area contributed by atoms with Crippen LogP contribution < -0.4 is 0 Å². The van der Waals surface area contributed by atoms with Crippen molar-refractivity contribution in [2.75, 3.05) is 13.1 Å². The minimum atomic E-state index is -0.589. The second-order valence-corrected chi connectivity index (χ2v) is 6.88. The van der Waals surface area contributed by atoms with Gasteiger partial charge in [-0.15, -0.1) is 0 Å². The fraction of sp³-hybridized carbons (Fsp3) is 0.500. The first-order valence-corrected chi connectivity index (χ1v) is 8.27. The van der Waals surface area contributed by atoms with Gasteiger partial charge in [-0.1, -0.05) is 18.2 Å². The monoisotopic (exact) mass is 349 g/mol. The molecule has 0 unspecified atom stereocenters. The Kier molecular flexibility index (Phi) is 5.77. The Labute approximate surface area is 147 Å². The Morgan fingerprint density at radius 3 is 2.64 bits per heavy atom. The normalized spacial score (nSPS) is 14.5. The number of carbonyl (C=O) groups excluding carboxylic acids is 2. The highest BCUT2D eigenvalue weighted by Crippen LogP contribution is 2.17. The quantitative estimate of drug-likeness (QED) is 0.820. The average molecular weight is 349 g/mol. The lowest BCUT2D eigenvalue weighted by Crippen LogP contribution is -2.39. The summed E-state index contributed by atoms with van der Waals surface area (Å²) < 4.78 is 19.1. The zero-order valence-electron chi connectivity index (χ0n) is 15.1. The van der Waals surface area contributed by atoms with Crippen LogP contribution in [0.4, 0.5) is 9.18 Å². The van der Waals surface area contributed by atoms with Crippen LogP contribution in [-0.4, -0.2) is 46.3 Å². The van der Waals surface area contributed by atoms with Crippen molar-refractivity contribution in [1.29, 1.82) is 0 Å². The summed E-state index contributed by atoms with van der Waals surface area (Å²) in [5, 5.41) is 5.50. The van der Waals surface area contributed by atoms with E-state index in [-0.39, 0.29) is 31.2 Å². The van der Waals surface area contributed by atoms with E-state index >= 15 is 0 Å². The summed E-state index contributed by atoms with van der Waals surface area (Å²) in [6, 6.07) is 6.28. The zero-order chi connectivity index (χ0) is 18.6. The molecule has 2 rings (SSSR count). The first-order valence-electron chi connectivity index (χ1n) is 8.27. The highest BCUT2D eigenvalue weighted by molar-refractivity contribution is 6.06. The van der Waals surface area contributed by atoms with E-state index in [4.69, 9.17) is 4.74 Å². The number of hydrogen-bond acceptors (Lipinski definition) is 4. The standard InChI is InChI=1S/C18H24FN3O3/c1-5-21(17(24)25-18(2,3)4)12-14-10-16(23)22(20-14)11-13-8-6-7-9-15(13)19/h6-9H,5,10-12H2,1-4H3. The second kappa shape index (κ2) is 7.63. The van der Waals surface area contributed by atoms with Gasteiger partial charge < -0.3 is 9.64 Å². The maximum absolute atomic E-state index is 13.7. The fourth-order valence-electron chi connectivity index (χ4n) is 2.38. The summed E-state index contributed by atoms with van der Waals surface area (Å²) in [7, 11) is 0. The van der Waals surface area contributed by atoms with E-state index in [2.05, 4.69) is 5.10 Å². The largest absolute Gasteiger partial charge is 0.444 e. The third-order valence-electron chi connectivity index (χ3n) is 3.59. The summed E-state index contributed by atoms with van der Waals surface area (Å²) in [6.07, 6.45) is -0.328. The van der Waals surface area contributed by atoms with Crippen molar-refractivity contribution in [3.05, 3.63) is 35.6 Å². The van der Waals surface area contributed by atoms with E-state index in [1.54, 1.807) is 39.0 Å². The molecule has 0 saturated heterocycles. The predicted octanol–water partition coefficient (Wildman–Crippen LogP) is 3.17. The number of halogens is 1. The zero-order valence-corrected chi connectivity index (χ0v) is 15.1. The molecule has 0 radical (unpaired) electrons. The summed E-state index contributed by atoms with van der Waals surface area (Å²) in [6.45, 7) is 7.95. The van der Waals surface area contributed by atoms with Crippen LogP contribution in [0.5, 0.6) is 0 Å². The van der Waals surface area contributed by atoms with Crippen molar-refractivity contribution in [2.24, 2.45) is 5.10 Å². The number of ether oxygens (including phenoxy) is 1. The predicted molar refractivity (Wildman–Crippen MR) is 92.5 cm³/mol. The van der Waals surface area contributed by atoms with Crippen molar-refractivity contribution >= 4 is 17.7 Å². The molecule has 0 aromatic heterocycles. The van der Waals surface area contributed by atoms with Crippen LogP contribution in [-0.2, 0) is 16.1 Å². The van der Waals surface area contributed by atoms with Gasteiger partial charge in [-0.2, -0.15) is 5.10 Å². The number of rotatable bonds is 5. The highest BCUT2D eigenvalue weighted by atomic mass is 19.1. The van der Waals surface area contributed by atoms with Crippen LogP contribution >= 0.6 is 0 Å². The number of amides is 2. The molecule has 0 atom stereocenters. The maximum atomic E-state index is 13.7. The molecule has 1 aliphatic heterocycles. The first-order chi connectivity index (χ1) is 11.7. The lowest BCUT2D eigenvalue weighted by Gasteiger charge is -2.26. The minimum Gasteiger partial charge on any atom is -0.444 e. The third-order valence-corrected chi connectivity index (χ3v) is 3.59. The van der Waals surface area contributed by atoms with Crippen molar-refractivity contribution in [2.45, 2.75) is 46.3 Å². The van der Waals surface area contributed by atoms with Crippen LogP contribution in [0.3, 0.4) is 0 Å². The third kappa shape index (κ3) is 5.27. The Morgan fingerprint density at radius 1 is 1.36 bits per heavy atom. The number of carbonyl (C=O) groups is 2. The van der Waals surface area contributed by atoms with Crippen molar-refractivity contribution in [3.8, 4) is 0 Å². The van der Waals surface area contributed by atoms with Crippen LogP contribution in [0, 0.1) is 5.82 Å². The SMILES string of the molecule is CCN(CC1=NN(Cc2ccccc2F)C(=O)C1)C(=O)OC(C)(C)C. The van der Waals surface area contributed by atoms with Gasteiger partial charge in [-0.3, -0.25) is 4.79 Å². The van der Waals surface area contributed by atoms with Crippen molar-refractivity contribution in [3.63, 3.8) is 0 Å². The molecule has 1 aromatic rings. The van der Waals surface area contributed by atoms with Gasteiger partial charge in [0.05, 0.1) is 25.2 Å². The fourth-order valence-corrected chi connectivity index (χ4v) is 2.38. The van der Waals surface area contributed by atoms with E-state index in [1.807, 2.05) is 6.92 Å². The molecule has 0 saturated carbocycles. The molecule has 6 nitrogen and oxygen atoms in total. The Bertz CT molecular complexity index is 682. The van der Waals surface area contributed by atoms with E-state index in [0.717, 1.165) is 0 Å². The van der Waals surface area contributed by atoms with Gasteiger partial charge in [0.2, 0.25) is 5.91 Å². The highest BCUT2D eigenvalue weighted by Gasteiger charge is 2.28. The van der Waals surface area contributed by atoms with E-state index in [9.17, 15) is 14.0 Å². The molecule has 1 aromatic carbocycles. The minimum absolute atomic E-state index is 0.0770. The van der Waals surface area contributed by atoms with E-state index in [1.165, 1.54) is 16.0 Å². The number of nitrogens with zero attached hydrogens (tertiary/aromatic N) is 3. The van der Waals surface area contributed by atoms with Crippen molar-refractivity contribution in [1.82, 2.24) is 9.91 Å². The Morgan fingerprint density at radius 2 is 2.04 bits per heavy atom. The molecule has 0 fully saturated rings. The molecule has 1 heterocycles. The summed E-state index contributed by atoms with van der Waals surface area (Å²) in [5.41, 5.74) is 0.378. The summed E-state index contributed by atoms with van der Waals surface area (Å²) in [4.78, 5) is 25.8.